The SMILES string of the molecule is C=CC(O)Cc1c(C)cc(C)cc1C. The van der Waals surface area contributed by atoms with Gasteiger partial charge in [0.05, 0.1) is 6.10 Å². The summed E-state index contributed by atoms with van der Waals surface area (Å²) in [6.45, 7) is 9.85. The monoisotopic (exact) mass is 190 g/mol. The Morgan fingerprint density at radius 3 is 2.21 bits per heavy atom. The third-order valence-corrected chi connectivity index (χ3v) is 2.53. The normalized spacial score (nSPS) is 12.6. The first-order valence-corrected chi connectivity index (χ1v) is 4.92. The Labute approximate surface area is 86.1 Å². The van der Waals surface area contributed by atoms with Gasteiger partial charge in [-0.2, -0.15) is 0 Å². The molecule has 0 aromatic heterocycles. The molecule has 1 aromatic rings. The van der Waals surface area contributed by atoms with Crippen molar-refractivity contribution in [1.82, 2.24) is 0 Å². The summed E-state index contributed by atoms with van der Waals surface area (Å²) in [6, 6.07) is 4.30. The van der Waals surface area contributed by atoms with E-state index in [1.165, 1.54) is 22.3 Å². The highest BCUT2D eigenvalue weighted by Gasteiger charge is 2.07. The predicted molar refractivity (Wildman–Crippen MR) is 60.6 cm³/mol. The molecule has 0 bridgehead atoms. The van der Waals surface area contributed by atoms with Crippen LogP contribution in [0.15, 0.2) is 24.8 Å². The lowest BCUT2D eigenvalue weighted by molar-refractivity contribution is 0.224. The zero-order chi connectivity index (χ0) is 10.7. The summed E-state index contributed by atoms with van der Waals surface area (Å²) in [5, 5.41) is 9.51. The van der Waals surface area contributed by atoms with E-state index in [0.717, 1.165) is 0 Å². The first-order valence-electron chi connectivity index (χ1n) is 4.92. The van der Waals surface area contributed by atoms with Gasteiger partial charge in [-0.3, -0.25) is 0 Å². The fraction of sp³-hybridized carbons (Fsp3) is 0.385. The fourth-order valence-electron chi connectivity index (χ4n) is 1.82. The van der Waals surface area contributed by atoms with Gasteiger partial charge in [0, 0.05) is 6.42 Å². The number of aryl methyl sites for hydroxylation is 3. The molecule has 14 heavy (non-hydrogen) atoms. The summed E-state index contributed by atoms with van der Waals surface area (Å²) in [5.41, 5.74) is 5.02. The number of hydrogen-bond acceptors (Lipinski definition) is 1. The summed E-state index contributed by atoms with van der Waals surface area (Å²) in [4.78, 5) is 0. The molecule has 0 aliphatic carbocycles. The van der Waals surface area contributed by atoms with Gasteiger partial charge in [-0.05, 0) is 37.5 Å². The molecule has 0 aliphatic heterocycles. The Hall–Kier alpha value is -1.08. The summed E-state index contributed by atoms with van der Waals surface area (Å²) >= 11 is 0. The number of benzene rings is 1. The van der Waals surface area contributed by atoms with Crippen LogP contribution in [0.4, 0.5) is 0 Å². The van der Waals surface area contributed by atoms with E-state index in [1.54, 1.807) is 6.08 Å². The largest absolute Gasteiger partial charge is 0.389 e. The van der Waals surface area contributed by atoms with Gasteiger partial charge >= 0.3 is 0 Å². The van der Waals surface area contributed by atoms with Crippen LogP contribution in [-0.2, 0) is 6.42 Å². The van der Waals surface area contributed by atoms with Crippen LogP contribution in [0.2, 0.25) is 0 Å². The summed E-state index contributed by atoms with van der Waals surface area (Å²) < 4.78 is 0. The van der Waals surface area contributed by atoms with Crippen LogP contribution in [0.5, 0.6) is 0 Å². The number of aliphatic hydroxyl groups excluding tert-OH is 1. The number of hydrogen-bond donors (Lipinski definition) is 1. The Balaban J connectivity index is 3.02. The van der Waals surface area contributed by atoms with Gasteiger partial charge in [0.25, 0.3) is 0 Å². The minimum absolute atomic E-state index is 0.435. The van der Waals surface area contributed by atoms with Crippen molar-refractivity contribution in [2.45, 2.75) is 33.3 Å². The van der Waals surface area contributed by atoms with Crippen molar-refractivity contribution in [2.24, 2.45) is 0 Å². The van der Waals surface area contributed by atoms with Crippen molar-refractivity contribution in [3.05, 3.63) is 47.0 Å². The lowest BCUT2D eigenvalue weighted by Crippen LogP contribution is -2.09. The maximum atomic E-state index is 9.51. The van der Waals surface area contributed by atoms with Gasteiger partial charge in [0.1, 0.15) is 0 Å². The topological polar surface area (TPSA) is 20.2 Å². The fourth-order valence-corrected chi connectivity index (χ4v) is 1.82. The summed E-state index contributed by atoms with van der Waals surface area (Å²) in [5.74, 6) is 0. The van der Waals surface area contributed by atoms with Crippen LogP contribution in [0, 0.1) is 20.8 Å². The summed E-state index contributed by atoms with van der Waals surface area (Å²) in [7, 11) is 0. The van der Waals surface area contributed by atoms with E-state index in [-0.39, 0.29) is 0 Å². The molecule has 0 aliphatic rings. The van der Waals surface area contributed by atoms with Crippen LogP contribution in [0.25, 0.3) is 0 Å². The maximum absolute atomic E-state index is 9.51. The molecular formula is C13H18O. The van der Waals surface area contributed by atoms with Crippen molar-refractivity contribution in [2.75, 3.05) is 0 Å². The smallest absolute Gasteiger partial charge is 0.0758 e. The zero-order valence-corrected chi connectivity index (χ0v) is 9.17. The molecule has 1 heteroatoms. The number of aliphatic hydroxyl groups is 1. The molecule has 0 saturated heterocycles. The molecule has 76 valence electrons. The van der Waals surface area contributed by atoms with Crippen LogP contribution >= 0.6 is 0 Å². The van der Waals surface area contributed by atoms with Gasteiger partial charge in [-0.1, -0.05) is 23.8 Å². The lowest BCUT2D eigenvalue weighted by atomic mass is 9.95. The molecule has 1 rings (SSSR count). The molecule has 1 aromatic carbocycles. The predicted octanol–water partition coefficient (Wildman–Crippen LogP) is 2.70. The zero-order valence-electron chi connectivity index (χ0n) is 9.17. The number of rotatable bonds is 3. The maximum Gasteiger partial charge on any atom is 0.0758 e. The van der Waals surface area contributed by atoms with Crippen molar-refractivity contribution in [1.29, 1.82) is 0 Å². The van der Waals surface area contributed by atoms with Crippen LogP contribution in [0.1, 0.15) is 22.3 Å². The highest BCUT2D eigenvalue weighted by molar-refractivity contribution is 5.38. The van der Waals surface area contributed by atoms with E-state index in [9.17, 15) is 5.11 Å². The van der Waals surface area contributed by atoms with E-state index in [0.29, 0.717) is 6.42 Å². The Morgan fingerprint density at radius 1 is 1.29 bits per heavy atom. The van der Waals surface area contributed by atoms with Gasteiger partial charge in [-0.15, -0.1) is 6.58 Å². The standard InChI is InChI=1S/C13H18O/c1-5-12(14)8-13-10(3)6-9(2)7-11(13)4/h5-7,12,14H,1,8H2,2-4H3. The third kappa shape index (κ3) is 2.46. The van der Waals surface area contributed by atoms with Gasteiger partial charge in [0.15, 0.2) is 0 Å². The molecule has 0 saturated carbocycles. The first kappa shape index (κ1) is 11.0. The van der Waals surface area contributed by atoms with Gasteiger partial charge in [0.2, 0.25) is 0 Å². The molecule has 0 amide bonds. The van der Waals surface area contributed by atoms with E-state index in [4.69, 9.17) is 0 Å². The summed E-state index contributed by atoms with van der Waals surface area (Å²) in [6.07, 6.45) is 1.82. The van der Waals surface area contributed by atoms with Gasteiger partial charge in [-0.25, -0.2) is 0 Å². The van der Waals surface area contributed by atoms with Crippen molar-refractivity contribution >= 4 is 0 Å². The van der Waals surface area contributed by atoms with E-state index >= 15 is 0 Å². The lowest BCUT2D eigenvalue weighted by Gasteiger charge is -2.13. The highest BCUT2D eigenvalue weighted by atomic mass is 16.3. The Kier molecular flexibility index (Phi) is 3.48. The molecular weight excluding hydrogens is 172 g/mol. The van der Waals surface area contributed by atoms with Crippen molar-refractivity contribution in [3.63, 3.8) is 0 Å². The molecule has 0 spiro atoms. The average molecular weight is 190 g/mol. The molecule has 0 radical (unpaired) electrons. The van der Waals surface area contributed by atoms with Crippen LogP contribution in [-0.4, -0.2) is 11.2 Å². The molecule has 1 unspecified atom stereocenters. The van der Waals surface area contributed by atoms with Crippen molar-refractivity contribution in [3.8, 4) is 0 Å². The minimum atomic E-state index is -0.435. The van der Waals surface area contributed by atoms with E-state index in [1.807, 2.05) is 0 Å². The third-order valence-electron chi connectivity index (χ3n) is 2.53. The van der Waals surface area contributed by atoms with E-state index in [2.05, 4.69) is 39.5 Å². The quantitative estimate of drug-likeness (QED) is 0.727. The van der Waals surface area contributed by atoms with Crippen LogP contribution in [0.3, 0.4) is 0 Å². The van der Waals surface area contributed by atoms with E-state index < -0.39 is 6.10 Å². The molecule has 0 fully saturated rings. The molecule has 1 atom stereocenters. The second kappa shape index (κ2) is 4.43. The second-order valence-electron chi connectivity index (χ2n) is 3.88. The first-order chi connectivity index (χ1) is 6.54. The molecule has 1 N–H and O–H groups in total. The van der Waals surface area contributed by atoms with Gasteiger partial charge < -0.3 is 5.11 Å². The Morgan fingerprint density at radius 2 is 1.79 bits per heavy atom. The average Bonchev–Trinajstić information content (AvgIpc) is 2.10. The Bertz CT molecular complexity index is 316. The minimum Gasteiger partial charge on any atom is -0.389 e. The second-order valence-corrected chi connectivity index (χ2v) is 3.88. The molecule has 0 heterocycles. The highest BCUT2D eigenvalue weighted by Crippen LogP contribution is 2.18. The molecule has 1 nitrogen and oxygen atoms in total. The van der Waals surface area contributed by atoms with Crippen LogP contribution < -0.4 is 0 Å². The van der Waals surface area contributed by atoms with Crippen molar-refractivity contribution < 1.29 is 5.11 Å².